The highest BCUT2D eigenvalue weighted by Crippen LogP contribution is 2.25. The van der Waals surface area contributed by atoms with Crippen molar-refractivity contribution in [1.82, 2.24) is 4.90 Å². The van der Waals surface area contributed by atoms with E-state index < -0.39 is 12.0 Å². The van der Waals surface area contributed by atoms with Crippen LogP contribution in [0.2, 0.25) is 0 Å². The normalized spacial score (nSPS) is 17.0. The molecule has 1 unspecified atom stereocenters. The van der Waals surface area contributed by atoms with Crippen molar-refractivity contribution in [1.29, 1.82) is 0 Å². The van der Waals surface area contributed by atoms with Crippen LogP contribution in [0.25, 0.3) is 0 Å². The molecule has 1 heterocycles. The minimum Gasteiger partial charge on any atom is -0.508 e. The van der Waals surface area contributed by atoms with Gasteiger partial charge in [-0.15, -0.1) is 0 Å². The fraction of sp³-hybridized carbons (Fsp3) is 0.278. The Morgan fingerprint density at radius 1 is 0.913 bits per heavy atom. The quantitative estimate of drug-likeness (QED) is 0.907. The molecule has 0 saturated carbocycles. The van der Waals surface area contributed by atoms with Crippen LogP contribution < -0.4 is 4.90 Å². The molecule has 3 rings (SSSR count). The van der Waals surface area contributed by atoms with E-state index in [1.165, 1.54) is 0 Å². The smallest absolute Gasteiger partial charge is 0.325 e. The van der Waals surface area contributed by atoms with Gasteiger partial charge in [0, 0.05) is 31.9 Å². The molecule has 23 heavy (non-hydrogen) atoms. The maximum absolute atomic E-state index is 11.7. The number of rotatable bonds is 4. The summed E-state index contributed by atoms with van der Waals surface area (Å²) in [5, 5.41) is 19.0. The van der Waals surface area contributed by atoms with Gasteiger partial charge in [0.2, 0.25) is 0 Å². The molecule has 0 bridgehead atoms. The minimum atomic E-state index is -0.811. The van der Waals surface area contributed by atoms with Crippen LogP contribution in [0.5, 0.6) is 5.75 Å². The lowest BCUT2D eigenvalue weighted by molar-refractivity contribution is -0.143. The van der Waals surface area contributed by atoms with Gasteiger partial charge in [0.25, 0.3) is 0 Å². The first-order valence-electron chi connectivity index (χ1n) is 7.71. The highest BCUT2D eigenvalue weighted by atomic mass is 16.4. The summed E-state index contributed by atoms with van der Waals surface area (Å²) < 4.78 is 0. The summed E-state index contributed by atoms with van der Waals surface area (Å²) in [6.45, 7) is 2.91. The van der Waals surface area contributed by atoms with E-state index in [4.69, 9.17) is 0 Å². The molecular formula is C18H20N2O3. The van der Waals surface area contributed by atoms with Crippen LogP contribution in [0.15, 0.2) is 54.6 Å². The van der Waals surface area contributed by atoms with Gasteiger partial charge in [-0.3, -0.25) is 9.69 Å². The van der Waals surface area contributed by atoms with Crippen LogP contribution in [0.4, 0.5) is 5.69 Å². The zero-order valence-electron chi connectivity index (χ0n) is 12.8. The second kappa shape index (κ2) is 6.71. The molecule has 1 aliphatic heterocycles. The van der Waals surface area contributed by atoms with Gasteiger partial charge in [0.05, 0.1) is 0 Å². The van der Waals surface area contributed by atoms with E-state index in [-0.39, 0.29) is 5.75 Å². The van der Waals surface area contributed by atoms with Crippen LogP contribution >= 0.6 is 0 Å². The minimum absolute atomic E-state index is 0.252. The lowest BCUT2D eigenvalue weighted by Gasteiger charge is -2.38. The fourth-order valence-corrected chi connectivity index (χ4v) is 3.05. The largest absolute Gasteiger partial charge is 0.508 e. The van der Waals surface area contributed by atoms with Crippen molar-refractivity contribution in [2.75, 3.05) is 31.1 Å². The number of hydrogen-bond donors (Lipinski definition) is 2. The van der Waals surface area contributed by atoms with Crippen LogP contribution in [-0.4, -0.2) is 47.3 Å². The first-order chi connectivity index (χ1) is 11.1. The van der Waals surface area contributed by atoms with E-state index in [0.717, 1.165) is 24.3 Å². The Morgan fingerprint density at radius 2 is 1.52 bits per heavy atom. The summed E-state index contributed by atoms with van der Waals surface area (Å²) in [6.07, 6.45) is 0. The summed E-state index contributed by atoms with van der Waals surface area (Å²) in [5.41, 5.74) is 1.87. The van der Waals surface area contributed by atoms with E-state index >= 15 is 0 Å². The van der Waals surface area contributed by atoms with E-state index in [1.54, 1.807) is 12.1 Å². The van der Waals surface area contributed by atoms with E-state index in [9.17, 15) is 15.0 Å². The first kappa shape index (κ1) is 15.4. The predicted molar refractivity (Wildman–Crippen MR) is 88.7 cm³/mol. The Kier molecular flexibility index (Phi) is 4.48. The zero-order chi connectivity index (χ0) is 16.2. The fourth-order valence-electron chi connectivity index (χ4n) is 3.05. The molecule has 0 amide bonds. The molecule has 1 atom stereocenters. The van der Waals surface area contributed by atoms with Crippen molar-refractivity contribution in [3.05, 3.63) is 60.2 Å². The number of piperazine rings is 1. The first-order valence-corrected chi connectivity index (χ1v) is 7.71. The van der Waals surface area contributed by atoms with E-state index in [1.807, 2.05) is 47.4 Å². The molecule has 2 N–H and O–H groups in total. The number of nitrogens with zero attached hydrogens (tertiary/aromatic N) is 2. The van der Waals surface area contributed by atoms with Crippen molar-refractivity contribution in [2.24, 2.45) is 0 Å². The third-order valence-electron chi connectivity index (χ3n) is 4.24. The monoisotopic (exact) mass is 312 g/mol. The predicted octanol–water partition coefficient (Wildman–Crippen LogP) is 2.34. The number of anilines is 1. The second-order valence-electron chi connectivity index (χ2n) is 5.69. The standard InChI is InChI=1S/C18H20N2O3/c21-16-8-6-15(7-9-16)19-10-12-20(13-11-19)17(18(22)23)14-4-2-1-3-5-14/h1-9,17,21H,10-13H2,(H,22,23). The molecule has 0 aromatic heterocycles. The number of aliphatic carboxylic acids is 1. The van der Waals surface area contributed by atoms with Gasteiger partial charge in [-0.2, -0.15) is 0 Å². The summed E-state index contributed by atoms with van der Waals surface area (Å²) >= 11 is 0. The number of benzene rings is 2. The van der Waals surface area contributed by atoms with Crippen LogP contribution in [-0.2, 0) is 4.79 Å². The molecule has 2 aromatic carbocycles. The average molecular weight is 312 g/mol. The van der Waals surface area contributed by atoms with Crippen LogP contribution in [0, 0.1) is 0 Å². The van der Waals surface area contributed by atoms with Gasteiger partial charge in [-0.05, 0) is 29.8 Å². The summed E-state index contributed by atoms with van der Waals surface area (Å²) in [6, 6.07) is 15.9. The van der Waals surface area contributed by atoms with Crippen molar-refractivity contribution < 1.29 is 15.0 Å². The van der Waals surface area contributed by atoms with Gasteiger partial charge in [0.15, 0.2) is 0 Å². The third kappa shape index (κ3) is 3.46. The van der Waals surface area contributed by atoms with Crippen molar-refractivity contribution in [3.63, 3.8) is 0 Å². The summed E-state index contributed by atoms with van der Waals surface area (Å²) in [5.74, 6) is -0.559. The van der Waals surface area contributed by atoms with Gasteiger partial charge in [0.1, 0.15) is 11.8 Å². The summed E-state index contributed by atoms with van der Waals surface area (Å²) in [4.78, 5) is 15.9. The number of carbonyl (C=O) groups is 1. The van der Waals surface area contributed by atoms with Crippen molar-refractivity contribution in [2.45, 2.75) is 6.04 Å². The Hall–Kier alpha value is -2.53. The van der Waals surface area contributed by atoms with Gasteiger partial charge < -0.3 is 15.1 Å². The molecule has 1 aliphatic rings. The SMILES string of the molecule is O=C(O)C(c1ccccc1)N1CCN(c2ccc(O)cc2)CC1. The third-order valence-corrected chi connectivity index (χ3v) is 4.24. The number of carboxylic acid groups (broad SMARTS) is 1. The highest BCUT2D eigenvalue weighted by molar-refractivity contribution is 5.75. The Labute approximate surface area is 135 Å². The second-order valence-corrected chi connectivity index (χ2v) is 5.69. The van der Waals surface area contributed by atoms with E-state index in [0.29, 0.717) is 13.1 Å². The van der Waals surface area contributed by atoms with Crippen molar-refractivity contribution in [3.8, 4) is 5.75 Å². The zero-order valence-corrected chi connectivity index (χ0v) is 12.8. The lowest BCUT2D eigenvalue weighted by atomic mass is 10.0. The number of aromatic hydroxyl groups is 1. The summed E-state index contributed by atoms with van der Waals surface area (Å²) in [7, 11) is 0. The maximum atomic E-state index is 11.7. The molecule has 2 aromatic rings. The molecule has 0 spiro atoms. The Morgan fingerprint density at radius 3 is 2.09 bits per heavy atom. The molecule has 5 heteroatoms. The average Bonchev–Trinajstić information content (AvgIpc) is 2.57. The number of carboxylic acids is 1. The molecule has 0 aliphatic carbocycles. The molecule has 120 valence electrons. The molecular weight excluding hydrogens is 292 g/mol. The molecule has 1 fully saturated rings. The number of hydrogen-bond acceptors (Lipinski definition) is 4. The number of phenolic OH excluding ortho intramolecular Hbond substituents is 1. The van der Waals surface area contributed by atoms with Gasteiger partial charge in [-0.1, -0.05) is 30.3 Å². The Balaban J connectivity index is 1.69. The highest BCUT2D eigenvalue weighted by Gasteiger charge is 2.30. The van der Waals surface area contributed by atoms with Crippen LogP contribution in [0.3, 0.4) is 0 Å². The lowest BCUT2D eigenvalue weighted by Crippen LogP contribution is -2.49. The van der Waals surface area contributed by atoms with E-state index in [2.05, 4.69) is 4.90 Å². The number of phenols is 1. The molecule has 5 nitrogen and oxygen atoms in total. The topological polar surface area (TPSA) is 64.0 Å². The van der Waals surface area contributed by atoms with Gasteiger partial charge >= 0.3 is 5.97 Å². The van der Waals surface area contributed by atoms with Crippen LogP contribution in [0.1, 0.15) is 11.6 Å². The maximum Gasteiger partial charge on any atom is 0.325 e. The van der Waals surface area contributed by atoms with Crippen molar-refractivity contribution >= 4 is 11.7 Å². The van der Waals surface area contributed by atoms with Gasteiger partial charge in [-0.25, -0.2) is 0 Å². The molecule has 0 radical (unpaired) electrons. The Bertz CT molecular complexity index is 650. The molecule has 1 saturated heterocycles.